The molecule has 1 aliphatic heterocycles. The van der Waals surface area contributed by atoms with E-state index in [-0.39, 0.29) is 23.9 Å². The maximum atomic E-state index is 13.1. The lowest BCUT2D eigenvalue weighted by atomic mass is 9.92. The summed E-state index contributed by atoms with van der Waals surface area (Å²) in [4.78, 5) is 1.05. The molecule has 8 heteroatoms. The van der Waals surface area contributed by atoms with Crippen LogP contribution in [0.5, 0.6) is 0 Å². The number of sulfonamides is 1. The summed E-state index contributed by atoms with van der Waals surface area (Å²) in [7, 11) is -1.71. The number of nitrogens with zero attached hydrogens (tertiary/aromatic N) is 3. The molecule has 138 valence electrons. The Hall–Kier alpha value is -1.22. The van der Waals surface area contributed by atoms with Gasteiger partial charge in [0, 0.05) is 49.7 Å². The molecular formula is C17H25N3O3S2. The smallest absolute Gasteiger partial charge is 0.252 e. The Morgan fingerprint density at radius 2 is 2.04 bits per heavy atom. The van der Waals surface area contributed by atoms with E-state index in [9.17, 15) is 13.5 Å². The zero-order valence-electron chi connectivity index (χ0n) is 15.0. The van der Waals surface area contributed by atoms with Crippen LogP contribution in [0.3, 0.4) is 0 Å². The Kier molecular flexibility index (Phi) is 4.83. The SMILES string of the molecule is Cn1cc([C@@H]2CN(S(=O)(=O)c3ccc(C(C)(C)C)s3)C[C@H]2CO)cn1. The van der Waals surface area contributed by atoms with Crippen LogP contribution in [-0.2, 0) is 22.5 Å². The third kappa shape index (κ3) is 3.53. The van der Waals surface area contributed by atoms with E-state index in [2.05, 4.69) is 25.9 Å². The number of hydrogen-bond acceptors (Lipinski definition) is 5. The Balaban J connectivity index is 1.87. The molecule has 3 heterocycles. The van der Waals surface area contributed by atoms with Crippen molar-refractivity contribution in [3.8, 4) is 0 Å². The number of thiophene rings is 1. The topological polar surface area (TPSA) is 75.4 Å². The predicted molar refractivity (Wildman–Crippen MR) is 98.3 cm³/mol. The van der Waals surface area contributed by atoms with Gasteiger partial charge in [-0.15, -0.1) is 11.3 Å². The van der Waals surface area contributed by atoms with Gasteiger partial charge in [-0.2, -0.15) is 9.40 Å². The first-order chi connectivity index (χ1) is 11.6. The molecule has 1 aliphatic rings. The van der Waals surface area contributed by atoms with Crippen molar-refractivity contribution < 1.29 is 13.5 Å². The fourth-order valence-corrected chi connectivity index (χ4v) is 6.25. The first kappa shape index (κ1) is 18.6. The van der Waals surface area contributed by atoms with E-state index in [4.69, 9.17) is 0 Å². The van der Waals surface area contributed by atoms with E-state index in [0.29, 0.717) is 17.3 Å². The van der Waals surface area contributed by atoms with E-state index < -0.39 is 10.0 Å². The Morgan fingerprint density at radius 3 is 2.56 bits per heavy atom. The number of aryl methyl sites for hydroxylation is 1. The van der Waals surface area contributed by atoms with Crippen LogP contribution in [0.15, 0.2) is 28.7 Å². The lowest BCUT2D eigenvalue weighted by molar-refractivity contribution is 0.223. The highest BCUT2D eigenvalue weighted by Crippen LogP contribution is 2.38. The first-order valence-corrected chi connectivity index (χ1v) is 10.6. The molecule has 2 atom stereocenters. The summed E-state index contributed by atoms with van der Waals surface area (Å²) in [6, 6.07) is 3.60. The lowest BCUT2D eigenvalue weighted by Gasteiger charge is -2.17. The fourth-order valence-electron chi connectivity index (χ4n) is 3.21. The van der Waals surface area contributed by atoms with Gasteiger partial charge in [0.15, 0.2) is 0 Å². The normalized spacial score (nSPS) is 22.6. The summed E-state index contributed by atoms with van der Waals surface area (Å²) in [6.45, 7) is 6.90. The van der Waals surface area contributed by atoms with Crippen LogP contribution < -0.4 is 0 Å². The Morgan fingerprint density at radius 1 is 1.32 bits per heavy atom. The Labute approximate surface area is 153 Å². The Bertz CT molecular complexity index is 849. The third-order valence-corrected chi connectivity index (χ3v) is 8.52. The summed E-state index contributed by atoms with van der Waals surface area (Å²) in [6.07, 6.45) is 3.65. The van der Waals surface area contributed by atoms with E-state index in [0.717, 1.165) is 10.4 Å². The van der Waals surface area contributed by atoms with Gasteiger partial charge in [0.05, 0.1) is 6.20 Å². The second-order valence-corrected chi connectivity index (χ2v) is 10.9. The summed E-state index contributed by atoms with van der Waals surface area (Å²) >= 11 is 1.34. The van der Waals surface area contributed by atoms with Crippen molar-refractivity contribution in [1.29, 1.82) is 0 Å². The first-order valence-electron chi connectivity index (χ1n) is 8.33. The van der Waals surface area contributed by atoms with Gasteiger partial charge < -0.3 is 5.11 Å². The molecule has 0 aliphatic carbocycles. The van der Waals surface area contributed by atoms with E-state index in [1.165, 1.54) is 15.6 Å². The molecule has 0 amide bonds. The summed E-state index contributed by atoms with van der Waals surface area (Å²) in [5.74, 6) is -0.142. The minimum atomic E-state index is -3.54. The number of hydrogen-bond donors (Lipinski definition) is 1. The molecule has 0 unspecified atom stereocenters. The standard InChI is InChI=1S/C17H25N3O3S2/c1-17(2,3)15-5-6-16(24-15)25(22,23)20-9-13(11-21)14(10-20)12-7-18-19(4)8-12/h5-8,13-14,21H,9-11H2,1-4H3/t13-,14-/m0/s1. The molecule has 2 aromatic heterocycles. The van der Waals surface area contributed by atoms with Crippen molar-refractivity contribution in [3.63, 3.8) is 0 Å². The van der Waals surface area contributed by atoms with Crippen LogP contribution in [0.1, 0.15) is 37.1 Å². The maximum Gasteiger partial charge on any atom is 0.252 e. The van der Waals surface area contributed by atoms with Crippen molar-refractivity contribution in [2.24, 2.45) is 13.0 Å². The zero-order chi connectivity index (χ0) is 18.4. The molecule has 1 fully saturated rings. The molecule has 1 N–H and O–H groups in total. The van der Waals surface area contributed by atoms with Gasteiger partial charge in [0.25, 0.3) is 10.0 Å². The van der Waals surface area contributed by atoms with E-state index >= 15 is 0 Å². The van der Waals surface area contributed by atoms with Crippen molar-refractivity contribution in [2.75, 3.05) is 19.7 Å². The quantitative estimate of drug-likeness (QED) is 0.878. The molecule has 0 spiro atoms. The number of aromatic nitrogens is 2. The van der Waals surface area contributed by atoms with E-state index in [1.54, 1.807) is 16.9 Å². The third-order valence-electron chi connectivity index (χ3n) is 4.71. The molecule has 3 rings (SSSR count). The molecule has 0 bridgehead atoms. The number of aliphatic hydroxyl groups excluding tert-OH is 1. The van der Waals surface area contributed by atoms with Gasteiger partial charge in [0.1, 0.15) is 4.21 Å². The van der Waals surface area contributed by atoms with Crippen LogP contribution in [0.2, 0.25) is 0 Å². The van der Waals surface area contributed by atoms with Gasteiger partial charge >= 0.3 is 0 Å². The highest BCUT2D eigenvalue weighted by atomic mass is 32.2. The van der Waals surface area contributed by atoms with Gasteiger partial charge in [-0.25, -0.2) is 8.42 Å². The van der Waals surface area contributed by atoms with Crippen LogP contribution in [0.25, 0.3) is 0 Å². The largest absolute Gasteiger partial charge is 0.396 e. The molecular weight excluding hydrogens is 358 g/mol. The second kappa shape index (κ2) is 6.50. The summed E-state index contributed by atoms with van der Waals surface area (Å²) < 4.78 is 29.7. The highest BCUT2D eigenvalue weighted by molar-refractivity contribution is 7.91. The molecule has 25 heavy (non-hydrogen) atoms. The fraction of sp³-hybridized carbons (Fsp3) is 0.588. The van der Waals surface area contributed by atoms with Gasteiger partial charge in [-0.1, -0.05) is 20.8 Å². The number of aliphatic hydroxyl groups is 1. The van der Waals surface area contributed by atoms with Crippen molar-refractivity contribution in [3.05, 3.63) is 35.0 Å². The number of rotatable bonds is 4. The van der Waals surface area contributed by atoms with Crippen LogP contribution in [0, 0.1) is 5.92 Å². The van der Waals surface area contributed by atoms with Crippen LogP contribution >= 0.6 is 11.3 Å². The molecule has 1 saturated heterocycles. The molecule has 0 radical (unpaired) electrons. The average Bonchev–Trinajstić information content (AvgIpc) is 3.24. The summed E-state index contributed by atoms with van der Waals surface area (Å²) in [5, 5.41) is 13.9. The predicted octanol–water partition coefficient (Wildman–Crippen LogP) is 2.18. The van der Waals surface area contributed by atoms with Crippen molar-refractivity contribution in [1.82, 2.24) is 14.1 Å². The zero-order valence-corrected chi connectivity index (χ0v) is 16.6. The summed E-state index contributed by atoms with van der Waals surface area (Å²) in [5.41, 5.74) is 0.899. The molecule has 2 aromatic rings. The van der Waals surface area contributed by atoms with Crippen LogP contribution in [0.4, 0.5) is 0 Å². The minimum absolute atomic E-state index is 0.0319. The highest BCUT2D eigenvalue weighted by Gasteiger charge is 2.41. The van der Waals surface area contributed by atoms with Gasteiger partial charge in [-0.05, 0) is 23.1 Å². The lowest BCUT2D eigenvalue weighted by Crippen LogP contribution is -2.28. The molecule has 0 saturated carbocycles. The maximum absolute atomic E-state index is 13.1. The molecule has 0 aromatic carbocycles. The molecule has 6 nitrogen and oxygen atoms in total. The average molecular weight is 384 g/mol. The van der Waals surface area contributed by atoms with E-state index in [1.807, 2.05) is 19.3 Å². The minimum Gasteiger partial charge on any atom is -0.396 e. The van der Waals surface area contributed by atoms with Gasteiger partial charge in [0.2, 0.25) is 0 Å². The second-order valence-electron chi connectivity index (χ2n) is 7.69. The van der Waals surface area contributed by atoms with Crippen LogP contribution in [-0.4, -0.2) is 47.3 Å². The van der Waals surface area contributed by atoms with Crippen molar-refractivity contribution >= 4 is 21.4 Å². The van der Waals surface area contributed by atoms with Gasteiger partial charge in [-0.3, -0.25) is 4.68 Å². The monoisotopic (exact) mass is 383 g/mol. The van der Waals surface area contributed by atoms with Crippen molar-refractivity contribution in [2.45, 2.75) is 36.3 Å².